The fourth-order valence-electron chi connectivity index (χ4n) is 2.09. The molecule has 0 radical (unpaired) electrons. The molecule has 1 aromatic carbocycles. The number of benzene rings is 1. The van der Waals surface area contributed by atoms with E-state index in [0.29, 0.717) is 37.7 Å². The molecule has 98 valence electrons. The molecule has 4 heteroatoms. The zero-order valence-corrected chi connectivity index (χ0v) is 10.4. The molecule has 1 fully saturated rings. The summed E-state index contributed by atoms with van der Waals surface area (Å²) in [5, 5.41) is 0. The fourth-order valence-corrected chi connectivity index (χ4v) is 2.09. The maximum atomic E-state index is 13.2. The quantitative estimate of drug-likeness (QED) is 0.755. The molecule has 18 heavy (non-hydrogen) atoms. The normalized spacial score (nSPS) is 17.0. The SMILES string of the molecule is CCOC(=O)C(CC1COC1)c1cccc(F)c1. The molecule has 1 saturated heterocycles. The van der Waals surface area contributed by atoms with E-state index in [0.717, 1.165) is 0 Å². The van der Waals surface area contributed by atoms with Crippen LogP contribution >= 0.6 is 0 Å². The minimum Gasteiger partial charge on any atom is -0.466 e. The summed E-state index contributed by atoms with van der Waals surface area (Å²) >= 11 is 0. The van der Waals surface area contributed by atoms with Gasteiger partial charge in [0.05, 0.1) is 25.7 Å². The van der Waals surface area contributed by atoms with Crippen LogP contribution in [0.4, 0.5) is 4.39 Å². The Labute approximate surface area is 106 Å². The summed E-state index contributed by atoms with van der Waals surface area (Å²) in [6.45, 7) is 3.45. The molecule has 3 nitrogen and oxygen atoms in total. The number of carbonyl (C=O) groups excluding carboxylic acids is 1. The van der Waals surface area contributed by atoms with Crippen LogP contribution in [0.25, 0.3) is 0 Å². The lowest BCUT2D eigenvalue weighted by Crippen LogP contribution is -2.31. The van der Waals surface area contributed by atoms with E-state index in [4.69, 9.17) is 9.47 Å². The van der Waals surface area contributed by atoms with Crippen molar-refractivity contribution >= 4 is 5.97 Å². The maximum Gasteiger partial charge on any atom is 0.313 e. The largest absolute Gasteiger partial charge is 0.466 e. The second-order valence-corrected chi connectivity index (χ2v) is 4.50. The fraction of sp³-hybridized carbons (Fsp3) is 0.500. The van der Waals surface area contributed by atoms with Crippen molar-refractivity contribution in [1.29, 1.82) is 0 Å². The molecule has 0 aliphatic carbocycles. The molecule has 0 spiro atoms. The van der Waals surface area contributed by atoms with Gasteiger partial charge in [0.15, 0.2) is 0 Å². The minimum atomic E-state index is -0.394. The van der Waals surface area contributed by atoms with Crippen molar-refractivity contribution < 1.29 is 18.7 Å². The Hall–Kier alpha value is -1.42. The smallest absolute Gasteiger partial charge is 0.313 e. The molecule has 1 atom stereocenters. The van der Waals surface area contributed by atoms with Gasteiger partial charge in [-0.1, -0.05) is 12.1 Å². The van der Waals surface area contributed by atoms with Crippen molar-refractivity contribution in [3.05, 3.63) is 35.6 Å². The lowest BCUT2D eigenvalue weighted by Gasteiger charge is -2.29. The third-order valence-corrected chi connectivity index (χ3v) is 3.10. The zero-order chi connectivity index (χ0) is 13.0. The van der Waals surface area contributed by atoms with E-state index in [1.165, 1.54) is 12.1 Å². The van der Waals surface area contributed by atoms with Gasteiger partial charge in [-0.05, 0) is 31.0 Å². The molecule has 1 aliphatic heterocycles. The highest BCUT2D eigenvalue weighted by Gasteiger charge is 2.29. The molecule has 0 amide bonds. The molecule has 0 saturated carbocycles. The lowest BCUT2D eigenvalue weighted by atomic mass is 9.88. The summed E-state index contributed by atoms with van der Waals surface area (Å²) in [7, 11) is 0. The first-order valence-electron chi connectivity index (χ1n) is 6.20. The van der Waals surface area contributed by atoms with Crippen molar-refractivity contribution in [2.24, 2.45) is 5.92 Å². The molecular formula is C14H17FO3. The molecule has 2 rings (SSSR count). The minimum absolute atomic E-state index is 0.282. The van der Waals surface area contributed by atoms with Gasteiger partial charge in [-0.2, -0.15) is 0 Å². The van der Waals surface area contributed by atoms with Crippen molar-refractivity contribution in [1.82, 2.24) is 0 Å². The molecular weight excluding hydrogens is 235 g/mol. The van der Waals surface area contributed by atoms with Crippen LogP contribution in [-0.2, 0) is 14.3 Å². The maximum absolute atomic E-state index is 13.2. The number of hydrogen-bond acceptors (Lipinski definition) is 3. The van der Waals surface area contributed by atoms with E-state index in [1.807, 2.05) is 0 Å². The van der Waals surface area contributed by atoms with Gasteiger partial charge in [-0.3, -0.25) is 4.79 Å². The van der Waals surface area contributed by atoms with Gasteiger partial charge < -0.3 is 9.47 Å². The van der Waals surface area contributed by atoms with E-state index in [9.17, 15) is 9.18 Å². The number of hydrogen-bond donors (Lipinski definition) is 0. The lowest BCUT2D eigenvalue weighted by molar-refractivity contribution is -0.146. The highest BCUT2D eigenvalue weighted by atomic mass is 19.1. The Balaban J connectivity index is 2.14. The van der Waals surface area contributed by atoms with E-state index in [-0.39, 0.29) is 11.8 Å². The predicted octanol–water partition coefficient (Wildman–Crippen LogP) is 2.51. The Kier molecular flexibility index (Phi) is 4.31. The second kappa shape index (κ2) is 5.96. The summed E-state index contributed by atoms with van der Waals surface area (Å²) in [6, 6.07) is 6.16. The van der Waals surface area contributed by atoms with Gasteiger partial charge in [-0.15, -0.1) is 0 Å². The molecule has 0 bridgehead atoms. The second-order valence-electron chi connectivity index (χ2n) is 4.50. The first-order valence-corrected chi connectivity index (χ1v) is 6.20. The van der Waals surface area contributed by atoms with Crippen LogP contribution in [0.1, 0.15) is 24.8 Å². The Morgan fingerprint density at radius 1 is 1.56 bits per heavy atom. The van der Waals surface area contributed by atoms with Crippen molar-refractivity contribution in [3.63, 3.8) is 0 Å². The summed E-state index contributed by atoms with van der Waals surface area (Å²) in [4.78, 5) is 11.9. The van der Waals surface area contributed by atoms with Crippen LogP contribution in [0.15, 0.2) is 24.3 Å². The van der Waals surface area contributed by atoms with E-state index in [2.05, 4.69) is 0 Å². The zero-order valence-electron chi connectivity index (χ0n) is 10.4. The average Bonchev–Trinajstić information content (AvgIpc) is 2.27. The van der Waals surface area contributed by atoms with Crippen LogP contribution in [0.2, 0.25) is 0 Å². The number of halogens is 1. The number of ether oxygens (including phenoxy) is 2. The van der Waals surface area contributed by atoms with E-state index < -0.39 is 5.92 Å². The summed E-state index contributed by atoms with van der Waals surface area (Å²) in [5.41, 5.74) is 0.681. The number of rotatable bonds is 5. The predicted molar refractivity (Wildman–Crippen MR) is 64.7 cm³/mol. The highest BCUT2D eigenvalue weighted by molar-refractivity contribution is 5.78. The van der Waals surface area contributed by atoms with Gasteiger partial charge in [0.1, 0.15) is 5.82 Å². The van der Waals surface area contributed by atoms with Gasteiger partial charge in [0, 0.05) is 5.92 Å². The summed E-state index contributed by atoms with van der Waals surface area (Å²) in [6.07, 6.45) is 0.655. The first-order chi connectivity index (χ1) is 8.70. The third kappa shape index (κ3) is 3.07. The number of carbonyl (C=O) groups is 1. The molecule has 1 heterocycles. The van der Waals surface area contributed by atoms with Crippen LogP contribution in [-0.4, -0.2) is 25.8 Å². The van der Waals surface area contributed by atoms with Crippen molar-refractivity contribution in [2.75, 3.05) is 19.8 Å². The summed E-state index contributed by atoms with van der Waals surface area (Å²) < 4.78 is 23.4. The Bertz CT molecular complexity index is 415. The highest BCUT2D eigenvalue weighted by Crippen LogP contribution is 2.29. The molecule has 0 N–H and O–H groups in total. The Morgan fingerprint density at radius 2 is 2.33 bits per heavy atom. The van der Waals surface area contributed by atoms with Gasteiger partial charge in [0.25, 0.3) is 0 Å². The van der Waals surface area contributed by atoms with Crippen LogP contribution < -0.4 is 0 Å². The average molecular weight is 252 g/mol. The standard InChI is InChI=1S/C14H17FO3/c1-2-18-14(16)13(6-10-8-17-9-10)11-4-3-5-12(15)7-11/h3-5,7,10,13H,2,6,8-9H2,1H3. The summed E-state index contributed by atoms with van der Waals surface area (Å²) in [5.74, 6) is -0.640. The first kappa shape index (κ1) is 13.0. The van der Waals surface area contributed by atoms with Gasteiger partial charge in [0.2, 0.25) is 0 Å². The number of esters is 1. The van der Waals surface area contributed by atoms with Crippen molar-refractivity contribution in [3.8, 4) is 0 Å². The van der Waals surface area contributed by atoms with Crippen LogP contribution in [0.5, 0.6) is 0 Å². The van der Waals surface area contributed by atoms with Gasteiger partial charge >= 0.3 is 5.97 Å². The van der Waals surface area contributed by atoms with Crippen LogP contribution in [0, 0.1) is 11.7 Å². The molecule has 1 unspecified atom stereocenters. The third-order valence-electron chi connectivity index (χ3n) is 3.10. The van der Waals surface area contributed by atoms with Crippen LogP contribution in [0.3, 0.4) is 0 Å². The van der Waals surface area contributed by atoms with Gasteiger partial charge in [-0.25, -0.2) is 4.39 Å². The van der Waals surface area contributed by atoms with E-state index in [1.54, 1.807) is 19.1 Å². The molecule has 1 aromatic rings. The van der Waals surface area contributed by atoms with E-state index >= 15 is 0 Å². The topological polar surface area (TPSA) is 35.5 Å². The molecule has 0 aromatic heterocycles. The monoisotopic (exact) mass is 252 g/mol. The molecule has 1 aliphatic rings. The van der Waals surface area contributed by atoms with Crippen molar-refractivity contribution in [2.45, 2.75) is 19.3 Å². The Morgan fingerprint density at radius 3 is 2.89 bits per heavy atom.